The summed E-state index contributed by atoms with van der Waals surface area (Å²) in [4.78, 5) is 22.8. The first-order chi connectivity index (χ1) is 15.6. The Morgan fingerprint density at radius 3 is 2.56 bits per heavy atom. The third-order valence-electron chi connectivity index (χ3n) is 5.83. The summed E-state index contributed by atoms with van der Waals surface area (Å²) >= 11 is 7.89. The number of hydrogen-bond acceptors (Lipinski definition) is 5. The Morgan fingerprint density at radius 1 is 1.09 bits per heavy atom. The van der Waals surface area contributed by atoms with Gasteiger partial charge in [0.1, 0.15) is 5.75 Å². The fraction of sp³-hybridized carbons (Fsp3) is 0.250. The first kappa shape index (κ1) is 20.8. The molecule has 3 heterocycles. The zero-order valence-electron chi connectivity index (χ0n) is 17.7. The smallest absolute Gasteiger partial charge is 0.228 e. The number of piperazine rings is 1. The second-order valence-corrected chi connectivity index (χ2v) is 8.97. The molecular weight excluding hydrogens is 444 g/mol. The van der Waals surface area contributed by atoms with Crippen LogP contribution in [0.15, 0.2) is 60.1 Å². The van der Waals surface area contributed by atoms with E-state index >= 15 is 0 Å². The van der Waals surface area contributed by atoms with E-state index in [0.29, 0.717) is 19.5 Å². The number of carbonyl (C=O) groups is 1. The highest BCUT2D eigenvalue weighted by Gasteiger charge is 2.23. The fourth-order valence-electron chi connectivity index (χ4n) is 4.03. The second kappa shape index (κ2) is 8.84. The van der Waals surface area contributed by atoms with E-state index in [2.05, 4.69) is 4.90 Å². The highest BCUT2D eigenvalue weighted by Crippen LogP contribution is 2.27. The molecule has 0 atom stereocenters. The van der Waals surface area contributed by atoms with Crippen LogP contribution in [0.4, 0.5) is 5.69 Å². The summed E-state index contributed by atoms with van der Waals surface area (Å²) in [5, 5.41) is 2.78. The molecule has 1 aliphatic heterocycles. The Kier molecular flexibility index (Phi) is 5.76. The number of benzene rings is 2. The lowest BCUT2D eigenvalue weighted by Crippen LogP contribution is -2.49. The number of amides is 1. The summed E-state index contributed by atoms with van der Waals surface area (Å²) in [6.07, 6.45) is 2.37. The minimum absolute atomic E-state index is 0.142. The maximum atomic E-state index is 13.0. The fourth-order valence-corrected chi connectivity index (χ4v) is 5.16. The molecule has 8 heteroatoms. The molecule has 1 amide bonds. The van der Waals surface area contributed by atoms with Gasteiger partial charge in [-0.1, -0.05) is 23.7 Å². The van der Waals surface area contributed by atoms with E-state index in [0.717, 1.165) is 51.5 Å². The van der Waals surface area contributed by atoms with Crippen LogP contribution in [0.2, 0.25) is 5.02 Å². The molecule has 6 nitrogen and oxygen atoms in total. The number of ether oxygens (including phenoxy) is 1. The number of anilines is 1. The second-order valence-electron chi connectivity index (χ2n) is 7.73. The van der Waals surface area contributed by atoms with Crippen molar-refractivity contribution in [1.29, 1.82) is 0 Å². The lowest BCUT2D eigenvalue weighted by molar-refractivity contribution is -0.130. The van der Waals surface area contributed by atoms with Gasteiger partial charge in [-0.25, -0.2) is 4.98 Å². The van der Waals surface area contributed by atoms with Gasteiger partial charge in [0, 0.05) is 49.0 Å². The number of thiazole rings is 1. The molecule has 0 N–H and O–H groups in total. The van der Waals surface area contributed by atoms with E-state index in [4.69, 9.17) is 21.3 Å². The van der Waals surface area contributed by atoms with Gasteiger partial charge in [-0.3, -0.25) is 9.20 Å². The lowest BCUT2D eigenvalue weighted by Gasteiger charge is -2.36. The first-order valence-corrected chi connectivity index (χ1v) is 11.8. The molecule has 164 valence electrons. The molecule has 0 radical (unpaired) electrons. The van der Waals surface area contributed by atoms with Crippen molar-refractivity contribution in [2.24, 2.45) is 0 Å². The number of hydrogen-bond donors (Lipinski definition) is 0. The van der Waals surface area contributed by atoms with Gasteiger partial charge in [-0.05, 0) is 36.4 Å². The number of fused-ring (bicyclic) bond motifs is 1. The van der Waals surface area contributed by atoms with Crippen molar-refractivity contribution in [3.63, 3.8) is 0 Å². The van der Waals surface area contributed by atoms with Gasteiger partial charge < -0.3 is 14.5 Å². The third-order valence-corrected chi connectivity index (χ3v) is 7.04. The molecule has 0 spiro atoms. The highest BCUT2D eigenvalue weighted by molar-refractivity contribution is 7.15. The number of nitrogens with zero attached hydrogens (tertiary/aromatic N) is 4. The van der Waals surface area contributed by atoms with Crippen LogP contribution in [0, 0.1) is 0 Å². The van der Waals surface area contributed by atoms with Crippen LogP contribution < -0.4 is 9.64 Å². The van der Waals surface area contributed by atoms with Crippen LogP contribution in [0.5, 0.6) is 5.75 Å². The number of methoxy groups -OCH3 is 1. The molecule has 1 saturated heterocycles. The molecule has 4 aromatic rings. The minimum atomic E-state index is 0.142. The van der Waals surface area contributed by atoms with E-state index in [-0.39, 0.29) is 5.91 Å². The topological polar surface area (TPSA) is 50.1 Å². The summed E-state index contributed by atoms with van der Waals surface area (Å²) in [6, 6.07) is 15.7. The van der Waals surface area contributed by atoms with Gasteiger partial charge in [0.15, 0.2) is 4.96 Å². The molecule has 0 aliphatic carbocycles. The summed E-state index contributed by atoms with van der Waals surface area (Å²) in [5.41, 5.74) is 3.91. The van der Waals surface area contributed by atoms with Crippen molar-refractivity contribution >= 4 is 39.5 Å². The summed E-state index contributed by atoms with van der Waals surface area (Å²) < 4.78 is 7.26. The maximum Gasteiger partial charge on any atom is 0.228 e. The number of halogens is 1. The van der Waals surface area contributed by atoms with Gasteiger partial charge in [-0.2, -0.15) is 0 Å². The summed E-state index contributed by atoms with van der Waals surface area (Å²) in [5.74, 6) is 0.957. The quantitative estimate of drug-likeness (QED) is 0.431. The first-order valence-electron chi connectivity index (χ1n) is 10.5. The standard InChI is InChI=1S/C24H23ClN4O2S/c1-31-19-8-6-17(7-9-19)21-15-29-18(16-32-24(29)26-21)14-23(30)28-12-10-27(11-13-28)22-5-3-2-4-20(22)25/h2-9,15-16H,10-14H2,1H3. The van der Waals surface area contributed by atoms with E-state index in [9.17, 15) is 4.79 Å². The zero-order valence-corrected chi connectivity index (χ0v) is 19.3. The Bertz CT molecular complexity index is 1240. The van der Waals surface area contributed by atoms with Crippen molar-refractivity contribution in [1.82, 2.24) is 14.3 Å². The molecule has 2 aromatic heterocycles. The Labute approximate surface area is 195 Å². The molecule has 5 rings (SSSR count). The zero-order chi connectivity index (χ0) is 22.1. The number of para-hydroxylation sites is 1. The Balaban J connectivity index is 1.26. The van der Waals surface area contributed by atoms with Gasteiger partial charge >= 0.3 is 0 Å². The maximum absolute atomic E-state index is 13.0. The molecule has 32 heavy (non-hydrogen) atoms. The Morgan fingerprint density at radius 2 is 1.84 bits per heavy atom. The number of aromatic nitrogens is 2. The number of carbonyl (C=O) groups excluding carboxylic acids is 1. The van der Waals surface area contributed by atoms with Gasteiger partial charge in [0.05, 0.1) is 29.9 Å². The SMILES string of the molecule is COc1ccc(-c2cn3c(CC(=O)N4CCN(c5ccccc5Cl)CC4)csc3n2)cc1. The van der Waals surface area contributed by atoms with Crippen LogP contribution in [0.1, 0.15) is 5.69 Å². The van der Waals surface area contributed by atoms with E-state index < -0.39 is 0 Å². The molecule has 0 saturated carbocycles. The summed E-state index contributed by atoms with van der Waals surface area (Å²) in [6.45, 7) is 2.94. The molecule has 1 fully saturated rings. The molecule has 0 bridgehead atoms. The van der Waals surface area contributed by atoms with E-state index in [1.807, 2.05) is 69.4 Å². The van der Waals surface area contributed by atoms with Crippen LogP contribution in [0.3, 0.4) is 0 Å². The predicted molar refractivity (Wildman–Crippen MR) is 129 cm³/mol. The van der Waals surface area contributed by atoms with Crippen LogP contribution >= 0.6 is 22.9 Å². The predicted octanol–water partition coefficient (Wildman–Crippen LogP) is 4.62. The highest BCUT2D eigenvalue weighted by atomic mass is 35.5. The largest absolute Gasteiger partial charge is 0.497 e. The minimum Gasteiger partial charge on any atom is -0.497 e. The normalized spacial score (nSPS) is 14.2. The monoisotopic (exact) mass is 466 g/mol. The molecular formula is C24H23ClN4O2S. The van der Waals surface area contributed by atoms with Crippen molar-refractivity contribution in [3.8, 4) is 17.0 Å². The number of rotatable bonds is 5. The molecule has 1 aliphatic rings. The van der Waals surface area contributed by atoms with Crippen molar-refractivity contribution in [2.45, 2.75) is 6.42 Å². The van der Waals surface area contributed by atoms with Crippen LogP contribution in [-0.4, -0.2) is 53.5 Å². The number of imidazole rings is 1. The van der Waals surface area contributed by atoms with Gasteiger partial charge in [-0.15, -0.1) is 11.3 Å². The van der Waals surface area contributed by atoms with Gasteiger partial charge in [0.2, 0.25) is 5.91 Å². The summed E-state index contributed by atoms with van der Waals surface area (Å²) in [7, 11) is 1.65. The van der Waals surface area contributed by atoms with Crippen molar-refractivity contribution in [2.75, 3.05) is 38.2 Å². The average molecular weight is 467 g/mol. The molecule has 0 unspecified atom stereocenters. The molecule has 2 aromatic carbocycles. The van der Waals surface area contributed by atoms with E-state index in [1.165, 1.54) is 0 Å². The van der Waals surface area contributed by atoms with Crippen molar-refractivity contribution in [3.05, 3.63) is 70.8 Å². The lowest BCUT2D eigenvalue weighted by atomic mass is 10.1. The van der Waals surface area contributed by atoms with Crippen molar-refractivity contribution < 1.29 is 9.53 Å². The average Bonchev–Trinajstić information content (AvgIpc) is 3.41. The van der Waals surface area contributed by atoms with Gasteiger partial charge in [0.25, 0.3) is 0 Å². The Hall–Kier alpha value is -3.03. The third kappa shape index (κ3) is 4.06. The van der Waals surface area contributed by atoms with Crippen LogP contribution in [-0.2, 0) is 11.2 Å². The van der Waals surface area contributed by atoms with E-state index in [1.54, 1.807) is 18.4 Å². The van der Waals surface area contributed by atoms with Crippen LogP contribution in [0.25, 0.3) is 16.2 Å².